The van der Waals surface area contributed by atoms with Gasteiger partial charge in [0.2, 0.25) is 0 Å². The molecule has 0 radical (unpaired) electrons. The minimum absolute atomic E-state index is 0. The van der Waals surface area contributed by atoms with Crippen LogP contribution < -0.4 is 0 Å². The van der Waals surface area contributed by atoms with Crippen molar-refractivity contribution in [2.45, 2.75) is 58.8 Å². The van der Waals surface area contributed by atoms with Crippen molar-refractivity contribution in [1.29, 1.82) is 5.26 Å². The van der Waals surface area contributed by atoms with Crippen molar-refractivity contribution in [3.8, 4) is 84.3 Å². The van der Waals surface area contributed by atoms with Crippen LogP contribution in [0.5, 0.6) is 0 Å². The zero-order valence-corrected chi connectivity index (χ0v) is 43.7. The van der Waals surface area contributed by atoms with Crippen molar-refractivity contribution < 1.29 is 24.5 Å². The number of hydrogen-bond donors (Lipinski definition) is 0. The van der Waals surface area contributed by atoms with E-state index in [-0.39, 0.29) is 25.5 Å². The van der Waals surface area contributed by atoms with Gasteiger partial charge < -0.3 is 15.0 Å². The molecule has 0 N–H and O–H groups in total. The van der Waals surface area contributed by atoms with Gasteiger partial charge in [-0.3, -0.25) is 0 Å². The number of pyridine rings is 3. The summed E-state index contributed by atoms with van der Waals surface area (Å²) in [6, 6.07) is 72.8. The second kappa shape index (κ2) is 22.2. The van der Waals surface area contributed by atoms with Crippen molar-refractivity contribution in [1.82, 2.24) is 15.0 Å². The summed E-state index contributed by atoms with van der Waals surface area (Å²) in [6.07, 6.45) is 8.94. The third kappa shape index (κ3) is 11.6. The van der Waals surface area contributed by atoms with E-state index in [1.165, 1.54) is 33.9 Å². The molecule has 6 heteroatoms. The second-order valence-electron chi connectivity index (χ2n) is 19.4. The van der Waals surface area contributed by atoms with Crippen molar-refractivity contribution in [3.63, 3.8) is 0 Å². The van der Waals surface area contributed by atoms with Gasteiger partial charge in [0, 0.05) is 24.2 Å². The Bertz CT molecular complexity index is 3450. The molecular formula is C67H52FIrN4. The van der Waals surface area contributed by atoms with E-state index in [4.69, 9.17) is 4.98 Å². The zero-order chi connectivity index (χ0) is 49.6. The molecule has 0 saturated heterocycles. The van der Waals surface area contributed by atoms with E-state index in [0.717, 1.165) is 104 Å². The first-order valence-corrected chi connectivity index (χ1v) is 24.5. The van der Waals surface area contributed by atoms with Crippen molar-refractivity contribution >= 4 is 0 Å². The summed E-state index contributed by atoms with van der Waals surface area (Å²) in [6.45, 7) is 8.47. The van der Waals surface area contributed by atoms with Gasteiger partial charge in [-0.15, -0.1) is 94.5 Å². The van der Waals surface area contributed by atoms with E-state index in [0.29, 0.717) is 11.1 Å². The predicted molar refractivity (Wildman–Crippen MR) is 290 cm³/mol. The SMILES string of the molecule is Cc1cc(-c2ccc(-c3cc(-c4cc(C(C)(C)C)ccn4)[c-]cc3-c3ccccc3-c3cc(CCc4c[c-]c(-c5ccccn5)cc4)cc(CCc4c[c-]c(-c5ccccn5)cc4)c3)cc2)c(F)cc1C#N.[Ir+3]. The van der Waals surface area contributed by atoms with Gasteiger partial charge in [0.05, 0.1) is 11.6 Å². The molecule has 0 aliphatic heterocycles. The Balaban J connectivity index is 0.00000656. The molecule has 10 rings (SSSR count). The summed E-state index contributed by atoms with van der Waals surface area (Å²) in [5.74, 6) is -0.420. The van der Waals surface area contributed by atoms with Gasteiger partial charge in [-0.2, -0.15) is 5.26 Å². The monoisotopic (exact) mass is 1120 g/mol. The van der Waals surface area contributed by atoms with E-state index >= 15 is 4.39 Å². The second-order valence-corrected chi connectivity index (χ2v) is 19.4. The molecule has 0 fully saturated rings. The van der Waals surface area contributed by atoms with Crippen LogP contribution in [-0.2, 0) is 51.2 Å². The molecule has 4 nitrogen and oxygen atoms in total. The number of aromatic nitrogens is 3. The summed E-state index contributed by atoms with van der Waals surface area (Å²) in [5, 5.41) is 9.55. The van der Waals surface area contributed by atoms with Crippen LogP contribution in [0.3, 0.4) is 0 Å². The maximum absolute atomic E-state index is 15.5. The third-order valence-corrected chi connectivity index (χ3v) is 13.4. The number of aryl methyl sites for hydroxylation is 5. The topological polar surface area (TPSA) is 62.5 Å². The molecule has 3 aromatic heterocycles. The van der Waals surface area contributed by atoms with Gasteiger partial charge >= 0.3 is 20.1 Å². The third-order valence-electron chi connectivity index (χ3n) is 13.4. The van der Waals surface area contributed by atoms with E-state index in [1.54, 1.807) is 6.07 Å². The molecule has 0 atom stereocenters. The fraction of sp³-hybridized carbons (Fsp3) is 0.134. The summed E-state index contributed by atoms with van der Waals surface area (Å²) in [7, 11) is 0. The molecule has 0 spiro atoms. The first-order chi connectivity index (χ1) is 35.1. The predicted octanol–water partition coefficient (Wildman–Crippen LogP) is 16.1. The average molecular weight is 1120 g/mol. The maximum Gasteiger partial charge on any atom is 3.00 e. The summed E-state index contributed by atoms with van der Waals surface area (Å²) in [4.78, 5) is 13.9. The van der Waals surface area contributed by atoms with Crippen molar-refractivity contribution in [2.24, 2.45) is 0 Å². The Morgan fingerprint density at radius 1 is 0.466 bits per heavy atom. The number of halogens is 1. The summed E-state index contributed by atoms with van der Waals surface area (Å²) < 4.78 is 15.5. The maximum atomic E-state index is 15.5. The molecule has 7 aromatic carbocycles. The number of hydrogen-bond acceptors (Lipinski definition) is 4. The molecule has 0 unspecified atom stereocenters. The Labute approximate surface area is 442 Å². The smallest absolute Gasteiger partial charge is 0.305 e. The molecule has 0 saturated carbocycles. The van der Waals surface area contributed by atoms with Crippen LogP contribution in [0.2, 0.25) is 0 Å². The number of nitriles is 1. The van der Waals surface area contributed by atoms with Crippen LogP contribution in [0.4, 0.5) is 4.39 Å². The summed E-state index contributed by atoms with van der Waals surface area (Å²) in [5.41, 5.74) is 20.2. The normalized spacial score (nSPS) is 11.2. The molecular weight excluding hydrogens is 1070 g/mol. The molecule has 0 aliphatic carbocycles. The van der Waals surface area contributed by atoms with Crippen LogP contribution >= 0.6 is 0 Å². The Morgan fingerprint density at radius 2 is 1.01 bits per heavy atom. The zero-order valence-electron chi connectivity index (χ0n) is 41.3. The van der Waals surface area contributed by atoms with E-state index < -0.39 is 5.82 Å². The molecule has 0 aliphatic rings. The fourth-order valence-electron chi connectivity index (χ4n) is 9.34. The van der Waals surface area contributed by atoms with Gasteiger partial charge in [0.15, 0.2) is 0 Å². The number of benzene rings is 7. The molecule has 10 aromatic rings. The van der Waals surface area contributed by atoms with Gasteiger partial charge in [0.1, 0.15) is 5.82 Å². The van der Waals surface area contributed by atoms with E-state index in [1.807, 2.05) is 74.0 Å². The molecule has 356 valence electrons. The standard InChI is InChI=1S/C67H52FN4.Ir/c1-45-37-62(63(68)42-56(45)44-69)51-29-27-50(28-30-51)61-41-54(66-43-57(33-36-72-66)67(2,3)4)31-32-60(61)59-12-6-5-11-58(59)55-39-48(17-15-46-19-23-52(24-20-46)64-13-7-9-34-70-64)38-49(40-55)18-16-47-21-25-53(26-22-47)65-14-8-10-35-71-65;/h5-14,19-23,25,27-30,32-43H,15-18H2,1-4H3;/q-3;+3. The number of rotatable bonds is 13. The minimum Gasteiger partial charge on any atom is -0.305 e. The summed E-state index contributed by atoms with van der Waals surface area (Å²) >= 11 is 0. The van der Waals surface area contributed by atoms with Crippen LogP contribution in [0, 0.1) is 42.3 Å². The number of nitrogens with zero attached hydrogens (tertiary/aromatic N) is 4. The Morgan fingerprint density at radius 3 is 1.56 bits per heavy atom. The van der Waals surface area contributed by atoms with E-state index in [9.17, 15) is 5.26 Å². The van der Waals surface area contributed by atoms with Crippen LogP contribution in [-0.4, -0.2) is 15.0 Å². The van der Waals surface area contributed by atoms with Gasteiger partial charge in [-0.05, 0) is 117 Å². The fourth-order valence-corrected chi connectivity index (χ4v) is 9.34. The molecule has 0 bridgehead atoms. The van der Waals surface area contributed by atoms with Crippen molar-refractivity contribution in [2.75, 3.05) is 0 Å². The molecule has 0 amide bonds. The average Bonchev–Trinajstić information content (AvgIpc) is 3.43. The van der Waals surface area contributed by atoms with E-state index in [2.05, 4.69) is 170 Å². The van der Waals surface area contributed by atoms with Crippen LogP contribution in [0.1, 0.15) is 59.7 Å². The Kier molecular flexibility index (Phi) is 15.2. The molecule has 73 heavy (non-hydrogen) atoms. The minimum atomic E-state index is -0.420. The quantitative estimate of drug-likeness (QED) is 0.108. The molecule has 3 heterocycles. The first-order valence-electron chi connectivity index (χ1n) is 24.5. The van der Waals surface area contributed by atoms with Gasteiger partial charge in [-0.1, -0.05) is 147 Å². The van der Waals surface area contributed by atoms with Crippen LogP contribution in [0.25, 0.3) is 78.3 Å². The Hall–Kier alpha value is -7.94. The largest absolute Gasteiger partial charge is 3.00 e. The van der Waals surface area contributed by atoms with Crippen LogP contribution in [0.15, 0.2) is 195 Å². The first kappa shape index (κ1) is 50.0. The van der Waals surface area contributed by atoms with Gasteiger partial charge in [-0.25, -0.2) is 4.39 Å². The van der Waals surface area contributed by atoms with Gasteiger partial charge in [0.25, 0.3) is 0 Å². The van der Waals surface area contributed by atoms with Crippen molar-refractivity contribution in [3.05, 3.63) is 257 Å².